The van der Waals surface area contributed by atoms with Crippen molar-refractivity contribution < 1.29 is 52.6 Å². The molecular weight excluding hydrogens is 496 g/mol. The lowest BCUT2D eigenvalue weighted by Gasteiger charge is -2.31. The molecule has 4 amide bonds. The Balaban J connectivity index is 0.00000127. The van der Waals surface area contributed by atoms with Crippen LogP contribution in [0.15, 0.2) is 72.8 Å². The number of hydrogen-bond donors (Lipinski definition) is 2. The number of carbonyl (C=O) groups excluding carboxylic acids is 4. The molecule has 196 valence electrons. The summed E-state index contributed by atoms with van der Waals surface area (Å²) in [6, 6.07) is 19.9. The summed E-state index contributed by atoms with van der Waals surface area (Å²) in [5, 5.41) is 0.652. The van der Waals surface area contributed by atoms with Gasteiger partial charge in [0, 0.05) is 45.2 Å². The van der Waals surface area contributed by atoms with Crippen LogP contribution in [0.25, 0.3) is 10.8 Å². The fourth-order valence-corrected chi connectivity index (χ4v) is 4.77. The average Bonchev–Trinajstić information content (AvgIpc) is 2.83. The number of imide groups is 2. The van der Waals surface area contributed by atoms with Gasteiger partial charge in [0.2, 0.25) is 0 Å². The first-order chi connectivity index (χ1) is 16.4. The van der Waals surface area contributed by atoms with E-state index in [0.29, 0.717) is 33.5 Å². The van der Waals surface area contributed by atoms with Crippen LogP contribution in [0.3, 0.4) is 0 Å². The molecule has 0 unspecified atom stereocenters. The molecule has 0 atom stereocenters. The number of hydrogen-bond acceptors (Lipinski definition) is 5. The highest BCUT2D eigenvalue weighted by atomic mass is 16.2. The summed E-state index contributed by atoms with van der Waals surface area (Å²) in [4.78, 5) is 56.1. The van der Waals surface area contributed by atoms with E-state index in [1.54, 1.807) is 72.8 Å². The highest BCUT2D eigenvalue weighted by Gasteiger charge is 2.41. The van der Waals surface area contributed by atoms with Crippen LogP contribution in [0.1, 0.15) is 41.4 Å². The molecule has 13 N–H and O–H groups in total. The number of para-hydroxylation sites is 2. The number of benzene rings is 4. The molecule has 2 aliphatic heterocycles. The lowest BCUT2D eigenvalue weighted by Crippen LogP contribution is -2.48. The third kappa shape index (κ3) is 3.74. The summed E-state index contributed by atoms with van der Waals surface area (Å²) in [5.74, 6) is -2.10. The lowest BCUT2D eigenvalue weighted by molar-refractivity contribution is -0.254. The second-order valence-electron chi connectivity index (χ2n) is 8.22. The van der Waals surface area contributed by atoms with Gasteiger partial charge in [-0.05, 0) is 36.4 Å². The van der Waals surface area contributed by atoms with Crippen LogP contribution in [0, 0.1) is 0 Å². The quantitative estimate of drug-likeness (QED) is 0.331. The second kappa shape index (κ2) is 10.3. The Bertz CT molecular complexity index is 1440. The van der Waals surface area contributed by atoms with Crippen LogP contribution < -0.4 is 21.3 Å². The van der Waals surface area contributed by atoms with Crippen LogP contribution in [0.4, 0.5) is 22.7 Å². The van der Waals surface area contributed by atoms with Crippen molar-refractivity contribution in [3.63, 3.8) is 0 Å². The molecule has 0 aliphatic carbocycles. The van der Waals surface area contributed by atoms with Crippen molar-refractivity contribution in [2.75, 3.05) is 9.80 Å². The minimum absolute atomic E-state index is 0. The number of anilines is 2. The van der Waals surface area contributed by atoms with Crippen LogP contribution in [-0.2, 0) is 0 Å². The topological polar surface area (TPSA) is 255 Å². The molecule has 12 heteroatoms. The van der Waals surface area contributed by atoms with Gasteiger partial charge in [-0.3, -0.25) is 19.2 Å². The summed E-state index contributed by atoms with van der Waals surface area (Å²) >= 11 is 0. The summed E-state index contributed by atoms with van der Waals surface area (Å²) in [5.41, 5.74) is 10.7. The van der Waals surface area contributed by atoms with Crippen LogP contribution in [0.5, 0.6) is 0 Å². The SMILES string of the molecule is O.O.O.[NH3+]c1ccccc1N1C(=O)c2ccc3c4c(ccc(c24)C1=O)C(=O)N(c1ccccc1[NH3+])C3=O.[OH-]. The summed E-state index contributed by atoms with van der Waals surface area (Å²) < 4.78 is 0. The molecular formula is C26H25N4O8+. The molecule has 0 radical (unpaired) electrons. The molecule has 0 fully saturated rings. The maximum Gasteiger partial charge on any atom is 0.266 e. The molecule has 0 bridgehead atoms. The van der Waals surface area contributed by atoms with Gasteiger partial charge in [0.15, 0.2) is 11.4 Å². The largest absolute Gasteiger partial charge is 0.870 e. The zero-order valence-corrected chi connectivity index (χ0v) is 19.8. The van der Waals surface area contributed by atoms with E-state index < -0.39 is 23.6 Å². The standard InChI is InChI=1S/C26H16N4O4.4H2O/c27-17-5-1-3-7-19(17)29-23(31)13-9-11-15-22-16(12-10-14(21(13)22)24(29)32)26(34)30(25(15)33)20-8-4-2-6-18(20)28;;;;/h1-12H,27-28H2;4*1H2/p+1. The van der Waals surface area contributed by atoms with Crippen molar-refractivity contribution in [3.05, 3.63) is 95.1 Å². The van der Waals surface area contributed by atoms with Crippen LogP contribution >= 0.6 is 0 Å². The molecule has 12 nitrogen and oxygen atoms in total. The van der Waals surface area contributed by atoms with E-state index in [2.05, 4.69) is 11.5 Å². The van der Waals surface area contributed by atoms with Gasteiger partial charge >= 0.3 is 0 Å². The van der Waals surface area contributed by atoms with E-state index in [1.165, 1.54) is 0 Å². The normalized spacial score (nSPS) is 13.3. The zero-order chi connectivity index (χ0) is 23.7. The molecule has 0 saturated heterocycles. The van der Waals surface area contributed by atoms with Crippen molar-refractivity contribution >= 4 is 57.2 Å². The van der Waals surface area contributed by atoms with Gasteiger partial charge in [-0.15, -0.1) is 0 Å². The maximum absolute atomic E-state index is 13.5. The van der Waals surface area contributed by atoms with Gasteiger partial charge in [-0.2, -0.15) is 0 Å². The third-order valence-corrected chi connectivity index (χ3v) is 6.36. The molecule has 0 aromatic heterocycles. The van der Waals surface area contributed by atoms with Gasteiger partial charge in [0.05, 0.1) is 0 Å². The predicted octanol–water partition coefficient (Wildman–Crippen LogP) is -0.463. The average molecular weight is 522 g/mol. The predicted molar refractivity (Wildman–Crippen MR) is 137 cm³/mol. The highest BCUT2D eigenvalue weighted by Crippen LogP contribution is 2.41. The minimum atomic E-state index is -0.525. The Morgan fingerprint density at radius 1 is 0.447 bits per heavy atom. The Morgan fingerprint density at radius 3 is 0.974 bits per heavy atom. The zero-order valence-electron chi connectivity index (χ0n) is 19.8. The minimum Gasteiger partial charge on any atom is -0.870 e. The van der Waals surface area contributed by atoms with E-state index in [1.807, 2.05) is 0 Å². The van der Waals surface area contributed by atoms with Crippen molar-refractivity contribution in [2.45, 2.75) is 0 Å². The van der Waals surface area contributed by atoms with Crippen LogP contribution in [0.2, 0.25) is 0 Å². The maximum atomic E-state index is 13.5. The van der Waals surface area contributed by atoms with Crippen molar-refractivity contribution in [1.82, 2.24) is 0 Å². The Labute approximate surface area is 214 Å². The molecule has 2 heterocycles. The number of rotatable bonds is 2. The van der Waals surface area contributed by atoms with Gasteiger partial charge in [-0.1, -0.05) is 24.3 Å². The molecule has 0 saturated carbocycles. The fourth-order valence-electron chi connectivity index (χ4n) is 4.77. The first-order valence-electron chi connectivity index (χ1n) is 10.6. The molecule has 0 spiro atoms. The van der Waals surface area contributed by atoms with Gasteiger partial charge in [0.1, 0.15) is 11.4 Å². The molecule has 38 heavy (non-hydrogen) atoms. The van der Waals surface area contributed by atoms with E-state index in [9.17, 15) is 19.2 Å². The smallest absolute Gasteiger partial charge is 0.266 e. The number of quaternary nitrogens is 2. The molecule has 6 rings (SSSR count). The van der Waals surface area contributed by atoms with E-state index in [0.717, 1.165) is 9.80 Å². The van der Waals surface area contributed by atoms with E-state index in [-0.39, 0.29) is 44.2 Å². The van der Waals surface area contributed by atoms with E-state index >= 15 is 0 Å². The first-order valence-corrected chi connectivity index (χ1v) is 10.6. The number of amides is 4. The van der Waals surface area contributed by atoms with Gasteiger partial charge in [0.25, 0.3) is 23.6 Å². The van der Waals surface area contributed by atoms with Gasteiger partial charge in [-0.25, -0.2) is 9.80 Å². The summed E-state index contributed by atoms with van der Waals surface area (Å²) in [6.45, 7) is 0. The number of carbonyl (C=O) groups is 4. The lowest BCUT2D eigenvalue weighted by atomic mass is 9.85. The van der Waals surface area contributed by atoms with Gasteiger partial charge < -0.3 is 33.4 Å². The monoisotopic (exact) mass is 521 g/mol. The summed E-state index contributed by atoms with van der Waals surface area (Å²) in [6.07, 6.45) is 0. The highest BCUT2D eigenvalue weighted by molar-refractivity contribution is 6.42. The Kier molecular flexibility index (Phi) is 7.95. The van der Waals surface area contributed by atoms with Crippen molar-refractivity contribution in [3.8, 4) is 0 Å². The number of nitrogens with zero attached hydrogens (tertiary/aromatic N) is 2. The van der Waals surface area contributed by atoms with E-state index in [4.69, 9.17) is 0 Å². The molecule has 2 aliphatic rings. The molecule has 4 aromatic carbocycles. The Hall–Kier alpha value is -4.82. The second-order valence-corrected chi connectivity index (χ2v) is 8.22. The van der Waals surface area contributed by atoms with Crippen molar-refractivity contribution in [2.24, 2.45) is 0 Å². The summed E-state index contributed by atoms with van der Waals surface area (Å²) in [7, 11) is 0. The van der Waals surface area contributed by atoms with Crippen LogP contribution in [-0.4, -0.2) is 45.5 Å². The third-order valence-electron chi connectivity index (χ3n) is 6.36. The van der Waals surface area contributed by atoms with Crippen molar-refractivity contribution in [1.29, 1.82) is 0 Å². The first kappa shape index (κ1) is 29.4. The Morgan fingerprint density at radius 2 is 0.711 bits per heavy atom. The molecule has 4 aromatic rings. The fraction of sp³-hybridized carbons (Fsp3) is 0.